The van der Waals surface area contributed by atoms with Gasteiger partial charge < -0.3 is 14.2 Å². The van der Waals surface area contributed by atoms with Gasteiger partial charge >= 0.3 is 0 Å². The zero-order valence-electron chi connectivity index (χ0n) is 16.7. The second-order valence-electron chi connectivity index (χ2n) is 7.27. The Morgan fingerprint density at radius 1 is 1.00 bits per heavy atom. The number of hydrazone groups is 1. The Hall–Kier alpha value is -2.99. The Kier molecular flexibility index (Phi) is 4.87. The Balaban J connectivity index is 1.59. The van der Waals surface area contributed by atoms with Crippen LogP contribution in [-0.2, 0) is 0 Å². The van der Waals surface area contributed by atoms with Gasteiger partial charge in [0.15, 0.2) is 0 Å². The van der Waals surface area contributed by atoms with Crippen LogP contribution in [0.25, 0.3) is 0 Å². The standard InChI is InChI=1S/C24H21BrN2O3/c1-28-17-11-12-18(23(13-17)29-2)20-14-21-19-5-3-4-6-22(19)30-24(27(21)26-20)15-7-9-16(25)10-8-15/h3-13,21,24H,14H2,1-2H3/t21-,24+/m1/s1. The molecule has 0 fully saturated rings. The fourth-order valence-corrected chi connectivity index (χ4v) is 4.35. The molecule has 2 aliphatic heterocycles. The Bertz CT molecular complexity index is 1110. The molecule has 6 heteroatoms. The van der Waals surface area contributed by atoms with E-state index in [0.717, 1.165) is 50.5 Å². The van der Waals surface area contributed by atoms with Crippen LogP contribution in [0.4, 0.5) is 0 Å². The Labute approximate surface area is 184 Å². The highest BCUT2D eigenvalue weighted by Crippen LogP contribution is 2.48. The van der Waals surface area contributed by atoms with E-state index < -0.39 is 0 Å². The first kappa shape index (κ1) is 19.0. The van der Waals surface area contributed by atoms with Gasteiger partial charge in [-0.25, -0.2) is 5.01 Å². The molecule has 2 heterocycles. The molecule has 152 valence electrons. The van der Waals surface area contributed by atoms with Crippen molar-refractivity contribution in [3.05, 3.63) is 87.9 Å². The average Bonchev–Trinajstić information content (AvgIpc) is 3.24. The van der Waals surface area contributed by atoms with Crippen molar-refractivity contribution in [3.8, 4) is 17.2 Å². The third-order valence-electron chi connectivity index (χ3n) is 5.57. The predicted octanol–water partition coefficient (Wildman–Crippen LogP) is 5.71. The maximum Gasteiger partial charge on any atom is 0.213 e. The number of rotatable bonds is 4. The van der Waals surface area contributed by atoms with E-state index in [9.17, 15) is 0 Å². The quantitative estimate of drug-likeness (QED) is 0.495. The van der Waals surface area contributed by atoms with Gasteiger partial charge in [0.25, 0.3) is 0 Å². The van der Waals surface area contributed by atoms with E-state index in [1.165, 1.54) is 0 Å². The van der Waals surface area contributed by atoms with Crippen LogP contribution in [0.1, 0.15) is 35.4 Å². The summed E-state index contributed by atoms with van der Waals surface area (Å²) in [7, 11) is 3.32. The molecule has 0 saturated carbocycles. The lowest BCUT2D eigenvalue weighted by atomic mass is 9.95. The molecule has 30 heavy (non-hydrogen) atoms. The Morgan fingerprint density at radius 2 is 1.80 bits per heavy atom. The zero-order valence-corrected chi connectivity index (χ0v) is 18.3. The minimum Gasteiger partial charge on any atom is -0.497 e. The molecule has 2 aliphatic rings. The summed E-state index contributed by atoms with van der Waals surface area (Å²) in [5.41, 5.74) is 4.16. The summed E-state index contributed by atoms with van der Waals surface area (Å²) in [4.78, 5) is 0. The van der Waals surface area contributed by atoms with Crippen molar-refractivity contribution in [3.63, 3.8) is 0 Å². The molecule has 0 saturated heterocycles. The van der Waals surface area contributed by atoms with Gasteiger partial charge in [-0.1, -0.05) is 46.3 Å². The summed E-state index contributed by atoms with van der Waals surface area (Å²) in [5, 5.41) is 7.09. The molecule has 0 bridgehead atoms. The number of hydrogen-bond donors (Lipinski definition) is 0. The van der Waals surface area contributed by atoms with Crippen molar-refractivity contribution < 1.29 is 14.2 Å². The lowest BCUT2D eigenvalue weighted by Gasteiger charge is -2.38. The second-order valence-corrected chi connectivity index (χ2v) is 8.19. The first-order chi connectivity index (χ1) is 14.7. The average molecular weight is 465 g/mol. The van der Waals surface area contributed by atoms with Crippen LogP contribution in [-0.4, -0.2) is 24.9 Å². The molecular weight excluding hydrogens is 444 g/mol. The number of nitrogens with zero attached hydrogens (tertiary/aromatic N) is 2. The Morgan fingerprint density at radius 3 is 2.57 bits per heavy atom. The molecule has 0 N–H and O–H groups in total. The topological polar surface area (TPSA) is 43.3 Å². The molecule has 5 rings (SSSR count). The fourth-order valence-electron chi connectivity index (χ4n) is 4.08. The molecule has 3 aromatic rings. The monoisotopic (exact) mass is 464 g/mol. The maximum absolute atomic E-state index is 6.40. The van der Waals surface area contributed by atoms with Gasteiger partial charge in [-0.3, -0.25) is 0 Å². The van der Waals surface area contributed by atoms with E-state index in [0.29, 0.717) is 0 Å². The van der Waals surface area contributed by atoms with Crippen LogP contribution in [0.3, 0.4) is 0 Å². The van der Waals surface area contributed by atoms with Crippen molar-refractivity contribution in [1.82, 2.24) is 5.01 Å². The van der Waals surface area contributed by atoms with Crippen molar-refractivity contribution >= 4 is 21.6 Å². The van der Waals surface area contributed by atoms with Crippen LogP contribution in [0.5, 0.6) is 17.2 Å². The fraction of sp³-hybridized carbons (Fsp3) is 0.208. The lowest BCUT2D eigenvalue weighted by molar-refractivity contribution is -0.0190. The van der Waals surface area contributed by atoms with E-state index in [1.807, 2.05) is 48.5 Å². The van der Waals surface area contributed by atoms with E-state index in [1.54, 1.807) is 14.2 Å². The summed E-state index contributed by atoms with van der Waals surface area (Å²) in [5.74, 6) is 2.42. The third kappa shape index (κ3) is 3.21. The number of benzene rings is 3. The number of halogens is 1. The summed E-state index contributed by atoms with van der Waals surface area (Å²) in [6, 6.07) is 22.4. The van der Waals surface area contributed by atoms with Crippen molar-refractivity contribution in [1.29, 1.82) is 0 Å². The molecule has 0 aromatic heterocycles. The smallest absolute Gasteiger partial charge is 0.213 e. The first-order valence-corrected chi connectivity index (χ1v) is 10.6. The molecule has 0 unspecified atom stereocenters. The first-order valence-electron chi connectivity index (χ1n) is 9.77. The molecule has 0 radical (unpaired) electrons. The SMILES string of the molecule is COc1ccc(C2=NN3[C@H](C2)c2ccccc2O[C@H]3c2ccc(Br)cc2)c(OC)c1. The number of methoxy groups -OCH3 is 2. The largest absolute Gasteiger partial charge is 0.497 e. The highest BCUT2D eigenvalue weighted by Gasteiger charge is 2.41. The molecule has 0 spiro atoms. The van der Waals surface area contributed by atoms with Gasteiger partial charge in [0.2, 0.25) is 6.23 Å². The van der Waals surface area contributed by atoms with Gasteiger partial charge in [0.05, 0.1) is 26.0 Å². The molecule has 5 nitrogen and oxygen atoms in total. The van der Waals surface area contributed by atoms with Crippen molar-refractivity contribution in [2.45, 2.75) is 18.7 Å². The number of fused-ring (bicyclic) bond motifs is 3. The van der Waals surface area contributed by atoms with Crippen LogP contribution in [0, 0.1) is 0 Å². The number of hydrogen-bond acceptors (Lipinski definition) is 5. The highest BCUT2D eigenvalue weighted by atomic mass is 79.9. The van der Waals surface area contributed by atoms with Crippen molar-refractivity contribution in [2.24, 2.45) is 5.10 Å². The zero-order chi connectivity index (χ0) is 20.7. The minimum absolute atomic E-state index is 0.102. The second kappa shape index (κ2) is 7.69. The minimum atomic E-state index is -0.292. The van der Waals surface area contributed by atoms with Gasteiger partial charge in [-0.2, -0.15) is 5.10 Å². The number of para-hydroxylation sites is 1. The van der Waals surface area contributed by atoms with Crippen LogP contribution >= 0.6 is 15.9 Å². The number of ether oxygens (including phenoxy) is 3. The van der Waals surface area contributed by atoms with Gasteiger partial charge in [0, 0.05) is 33.7 Å². The van der Waals surface area contributed by atoms with Gasteiger partial charge in [-0.05, 0) is 30.3 Å². The van der Waals surface area contributed by atoms with Crippen LogP contribution in [0.15, 0.2) is 76.3 Å². The molecule has 0 amide bonds. The summed E-state index contributed by atoms with van der Waals surface area (Å²) >= 11 is 3.51. The van der Waals surface area contributed by atoms with Crippen LogP contribution < -0.4 is 14.2 Å². The summed E-state index contributed by atoms with van der Waals surface area (Å²) in [6.07, 6.45) is 0.482. The highest BCUT2D eigenvalue weighted by molar-refractivity contribution is 9.10. The molecular formula is C24H21BrN2O3. The normalized spacial score (nSPS) is 19.4. The van der Waals surface area contributed by atoms with Gasteiger partial charge in [-0.15, -0.1) is 0 Å². The maximum atomic E-state index is 6.40. The molecule has 2 atom stereocenters. The van der Waals surface area contributed by atoms with E-state index in [-0.39, 0.29) is 12.3 Å². The summed E-state index contributed by atoms with van der Waals surface area (Å²) in [6.45, 7) is 0. The van der Waals surface area contributed by atoms with Crippen LogP contribution in [0.2, 0.25) is 0 Å². The van der Waals surface area contributed by atoms with Crippen molar-refractivity contribution in [2.75, 3.05) is 14.2 Å². The van der Waals surface area contributed by atoms with E-state index in [2.05, 4.69) is 39.1 Å². The predicted molar refractivity (Wildman–Crippen MR) is 119 cm³/mol. The third-order valence-corrected chi connectivity index (χ3v) is 6.10. The lowest BCUT2D eigenvalue weighted by Crippen LogP contribution is -2.33. The summed E-state index contributed by atoms with van der Waals surface area (Å²) < 4.78 is 18.4. The van der Waals surface area contributed by atoms with Gasteiger partial charge in [0.1, 0.15) is 17.2 Å². The van der Waals surface area contributed by atoms with E-state index >= 15 is 0 Å². The molecule has 3 aromatic carbocycles. The molecule has 0 aliphatic carbocycles. The van der Waals surface area contributed by atoms with E-state index in [4.69, 9.17) is 19.3 Å².